The van der Waals surface area contributed by atoms with Gasteiger partial charge < -0.3 is 5.32 Å². The highest BCUT2D eigenvalue weighted by Gasteiger charge is 2.18. The smallest absolute Gasteiger partial charge is 0.242 e. The van der Waals surface area contributed by atoms with Crippen LogP contribution in [0.3, 0.4) is 0 Å². The van der Waals surface area contributed by atoms with Crippen LogP contribution in [-0.2, 0) is 18.4 Å². The Hall–Kier alpha value is -3.48. The maximum absolute atomic E-state index is 12.7. The van der Waals surface area contributed by atoms with Gasteiger partial charge in [-0.05, 0) is 44.9 Å². The van der Waals surface area contributed by atoms with E-state index in [0.717, 1.165) is 33.5 Å². The van der Waals surface area contributed by atoms with E-state index in [1.165, 1.54) is 5.56 Å². The summed E-state index contributed by atoms with van der Waals surface area (Å²) in [6, 6.07) is 10.2. The summed E-state index contributed by atoms with van der Waals surface area (Å²) < 4.78 is 3.44. The molecule has 1 N–H and O–H groups in total. The maximum atomic E-state index is 12.7. The largest absolute Gasteiger partial charge is 0.348 e. The number of amides is 1. The molecule has 0 fully saturated rings. The zero-order chi connectivity index (χ0) is 21.4. The Morgan fingerprint density at radius 2 is 1.93 bits per heavy atom. The van der Waals surface area contributed by atoms with Crippen molar-refractivity contribution in [3.63, 3.8) is 0 Å². The predicted molar refractivity (Wildman–Crippen MR) is 117 cm³/mol. The fourth-order valence-corrected chi connectivity index (χ4v) is 3.99. The van der Waals surface area contributed by atoms with Gasteiger partial charge in [-0.25, -0.2) is 9.67 Å². The van der Waals surface area contributed by atoms with Crippen LogP contribution in [0.4, 0.5) is 0 Å². The molecule has 4 rings (SSSR count). The fourth-order valence-electron chi connectivity index (χ4n) is 3.99. The van der Waals surface area contributed by atoms with Crippen molar-refractivity contribution in [3.8, 4) is 11.1 Å². The lowest BCUT2D eigenvalue weighted by Gasteiger charge is -2.13. The van der Waals surface area contributed by atoms with Gasteiger partial charge in [0, 0.05) is 30.4 Å². The number of fused-ring (bicyclic) bond motifs is 1. The molecule has 0 aliphatic rings. The number of pyridine rings is 1. The van der Waals surface area contributed by atoms with Crippen LogP contribution in [0.25, 0.3) is 22.2 Å². The van der Waals surface area contributed by atoms with Crippen LogP contribution in [0.1, 0.15) is 35.5 Å². The summed E-state index contributed by atoms with van der Waals surface area (Å²) >= 11 is 0. The van der Waals surface area contributed by atoms with E-state index in [2.05, 4.69) is 45.6 Å². The Balaban J connectivity index is 1.62. The van der Waals surface area contributed by atoms with Crippen LogP contribution in [0.15, 0.2) is 42.7 Å². The summed E-state index contributed by atoms with van der Waals surface area (Å²) in [5.41, 5.74) is 6.89. The molecule has 7 heteroatoms. The summed E-state index contributed by atoms with van der Waals surface area (Å²) in [7, 11) is 1.88. The first kappa shape index (κ1) is 19.8. The molecule has 3 aromatic heterocycles. The minimum Gasteiger partial charge on any atom is -0.348 e. The third-order valence-electron chi connectivity index (χ3n) is 5.33. The average molecular weight is 403 g/mol. The molecule has 0 radical (unpaired) electrons. The van der Waals surface area contributed by atoms with E-state index >= 15 is 0 Å². The quantitative estimate of drug-likeness (QED) is 0.553. The monoisotopic (exact) mass is 402 g/mol. The molecule has 0 saturated heterocycles. The number of rotatable bonds is 5. The number of hydrogen-bond donors (Lipinski definition) is 1. The number of nitrogens with zero attached hydrogens (tertiary/aromatic N) is 5. The highest BCUT2D eigenvalue weighted by molar-refractivity contribution is 5.95. The predicted octanol–water partition coefficient (Wildman–Crippen LogP) is 3.63. The topological polar surface area (TPSA) is 77.6 Å². The molecule has 1 atom stereocenters. The number of carbonyl (C=O) groups excluding carboxylic acids is 1. The second-order valence-corrected chi connectivity index (χ2v) is 7.80. The normalized spacial score (nSPS) is 12.3. The van der Waals surface area contributed by atoms with Gasteiger partial charge in [0.15, 0.2) is 5.65 Å². The summed E-state index contributed by atoms with van der Waals surface area (Å²) in [5, 5.41) is 13.0. The molecule has 3 heterocycles. The second kappa shape index (κ2) is 7.74. The lowest BCUT2D eigenvalue weighted by Crippen LogP contribution is -2.30. The van der Waals surface area contributed by atoms with Crippen molar-refractivity contribution < 1.29 is 4.79 Å². The average Bonchev–Trinajstić information content (AvgIpc) is 3.20. The van der Waals surface area contributed by atoms with Crippen LogP contribution in [0.2, 0.25) is 0 Å². The molecule has 4 aromatic rings. The van der Waals surface area contributed by atoms with Crippen molar-refractivity contribution in [1.82, 2.24) is 29.9 Å². The Kier molecular flexibility index (Phi) is 5.11. The van der Waals surface area contributed by atoms with E-state index in [1.54, 1.807) is 15.6 Å². The van der Waals surface area contributed by atoms with Gasteiger partial charge in [-0.1, -0.05) is 29.8 Å². The standard InChI is InChI=1S/C23H26N6O/c1-14-7-6-8-18(11-14)19-9-10-24-23-22(19)17(4)27-29(23)13-21(30)25-15(2)20-12-28(5)26-16(20)3/h6-12,15H,13H2,1-5H3,(H,25,30). The van der Waals surface area contributed by atoms with E-state index in [1.807, 2.05) is 46.1 Å². The summed E-state index contributed by atoms with van der Waals surface area (Å²) in [6.45, 7) is 8.05. The van der Waals surface area contributed by atoms with E-state index in [-0.39, 0.29) is 18.5 Å². The first-order valence-electron chi connectivity index (χ1n) is 10.0. The molecule has 1 aromatic carbocycles. The van der Waals surface area contributed by atoms with Gasteiger partial charge in [0.2, 0.25) is 5.91 Å². The number of nitrogens with one attached hydrogen (secondary N) is 1. The Morgan fingerprint density at radius 1 is 1.13 bits per heavy atom. The highest BCUT2D eigenvalue weighted by Crippen LogP contribution is 2.30. The third-order valence-corrected chi connectivity index (χ3v) is 5.33. The van der Waals surface area contributed by atoms with Crippen LogP contribution < -0.4 is 5.32 Å². The zero-order valence-corrected chi connectivity index (χ0v) is 18.0. The Morgan fingerprint density at radius 3 is 2.63 bits per heavy atom. The second-order valence-electron chi connectivity index (χ2n) is 7.80. The lowest BCUT2D eigenvalue weighted by molar-refractivity contribution is -0.122. The first-order valence-corrected chi connectivity index (χ1v) is 10.0. The van der Waals surface area contributed by atoms with Crippen molar-refractivity contribution >= 4 is 16.9 Å². The number of benzene rings is 1. The number of aromatic nitrogens is 5. The van der Waals surface area contributed by atoms with Crippen molar-refractivity contribution in [1.29, 1.82) is 0 Å². The third kappa shape index (κ3) is 3.70. The van der Waals surface area contributed by atoms with Gasteiger partial charge in [0.25, 0.3) is 0 Å². The van der Waals surface area contributed by atoms with Gasteiger partial charge >= 0.3 is 0 Å². The minimum atomic E-state index is -0.134. The zero-order valence-electron chi connectivity index (χ0n) is 18.0. The lowest BCUT2D eigenvalue weighted by atomic mass is 10.0. The maximum Gasteiger partial charge on any atom is 0.242 e. The summed E-state index contributed by atoms with van der Waals surface area (Å²) in [4.78, 5) is 17.3. The van der Waals surface area contributed by atoms with E-state index in [0.29, 0.717) is 5.65 Å². The summed E-state index contributed by atoms with van der Waals surface area (Å²) in [5.74, 6) is -0.113. The van der Waals surface area contributed by atoms with E-state index < -0.39 is 0 Å². The number of carbonyl (C=O) groups is 1. The van der Waals surface area contributed by atoms with Gasteiger partial charge in [-0.2, -0.15) is 10.2 Å². The summed E-state index contributed by atoms with van der Waals surface area (Å²) in [6.07, 6.45) is 3.71. The molecule has 0 saturated carbocycles. The molecule has 7 nitrogen and oxygen atoms in total. The minimum absolute atomic E-state index is 0.109. The van der Waals surface area contributed by atoms with Crippen molar-refractivity contribution in [2.24, 2.45) is 7.05 Å². The molecular weight excluding hydrogens is 376 g/mol. The first-order chi connectivity index (χ1) is 14.3. The van der Waals surface area contributed by atoms with Gasteiger partial charge in [-0.15, -0.1) is 0 Å². The van der Waals surface area contributed by atoms with Gasteiger partial charge in [0.05, 0.1) is 17.4 Å². The molecule has 0 aliphatic heterocycles. The van der Waals surface area contributed by atoms with E-state index in [4.69, 9.17) is 0 Å². The molecule has 1 unspecified atom stereocenters. The van der Waals surface area contributed by atoms with Crippen molar-refractivity contribution in [2.45, 2.75) is 40.3 Å². The Labute approximate surface area is 175 Å². The Bertz CT molecular complexity index is 1240. The SMILES string of the molecule is Cc1cccc(-c2ccnc3c2c(C)nn3CC(=O)NC(C)c2cn(C)nc2C)c1. The molecule has 0 bridgehead atoms. The van der Waals surface area contributed by atoms with Gasteiger partial charge in [0.1, 0.15) is 6.54 Å². The van der Waals surface area contributed by atoms with E-state index in [9.17, 15) is 4.79 Å². The van der Waals surface area contributed by atoms with Crippen molar-refractivity contribution in [2.75, 3.05) is 0 Å². The number of aryl methyl sites for hydroxylation is 4. The molecule has 154 valence electrons. The molecule has 0 spiro atoms. The van der Waals surface area contributed by atoms with Crippen LogP contribution in [-0.4, -0.2) is 30.5 Å². The molecule has 0 aliphatic carbocycles. The highest BCUT2D eigenvalue weighted by atomic mass is 16.2. The number of hydrogen-bond acceptors (Lipinski definition) is 4. The fraction of sp³-hybridized carbons (Fsp3) is 0.304. The van der Waals surface area contributed by atoms with Crippen LogP contribution in [0, 0.1) is 20.8 Å². The van der Waals surface area contributed by atoms with Crippen LogP contribution in [0.5, 0.6) is 0 Å². The molecule has 1 amide bonds. The van der Waals surface area contributed by atoms with Crippen molar-refractivity contribution in [3.05, 3.63) is 65.2 Å². The molecular formula is C23H26N6O. The molecule has 30 heavy (non-hydrogen) atoms. The van der Waals surface area contributed by atoms with Gasteiger partial charge in [-0.3, -0.25) is 9.48 Å². The van der Waals surface area contributed by atoms with Crippen LogP contribution >= 0.6 is 0 Å².